The van der Waals surface area contributed by atoms with E-state index in [0.29, 0.717) is 17.3 Å². The number of hydrogen-bond donors (Lipinski definition) is 0. The Balaban J connectivity index is 3.06. The van der Waals surface area contributed by atoms with E-state index in [-0.39, 0.29) is 5.41 Å². The fourth-order valence-corrected chi connectivity index (χ4v) is 2.66. The molecule has 0 spiro atoms. The quantitative estimate of drug-likeness (QED) is 0.490. The van der Waals surface area contributed by atoms with Crippen molar-refractivity contribution in [3.8, 4) is 0 Å². The lowest BCUT2D eigenvalue weighted by Crippen LogP contribution is -2.33. The number of rotatable bonds is 6. The summed E-state index contributed by atoms with van der Waals surface area (Å²) in [5.41, 5.74) is 2.08. The molecule has 0 aliphatic carbocycles. The first-order valence-electron chi connectivity index (χ1n) is 8.18. The van der Waals surface area contributed by atoms with Gasteiger partial charge in [0.15, 0.2) is 18.9 Å². The van der Waals surface area contributed by atoms with E-state index in [1.807, 2.05) is 6.08 Å². The molecule has 0 fully saturated rings. The van der Waals surface area contributed by atoms with Crippen LogP contribution in [0.4, 0.5) is 0 Å². The van der Waals surface area contributed by atoms with Crippen LogP contribution < -0.4 is 4.57 Å². The molecule has 21 heavy (non-hydrogen) atoms. The molecule has 0 aromatic carbocycles. The van der Waals surface area contributed by atoms with Gasteiger partial charge in [-0.25, -0.2) is 4.57 Å². The zero-order valence-electron chi connectivity index (χ0n) is 15.1. The summed E-state index contributed by atoms with van der Waals surface area (Å²) in [6.45, 7) is 21.2. The molecule has 1 aromatic heterocycles. The molecule has 0 radical (unpaired) electrons. The third-order valence-electron chi connectivity index (χ3n) is 5.00. The van der Waals surface area contributed by atoms with Crippen LogP contribution >= 0.6 is 0 Å². The summed E-state index contributed by atoms with van der Waals surface area (Å²) in [5, 5.41) is 0. The number of pyridine rings is 1. The van der Waals surface area contributed by atoms with Gasteiger partial charge in [-0.05, 0) is 40.7 Å². The molecular weight excluding hydrogens is 254 g/mol. The largest absolute Gasteiger partial charge is 0.201 e. The molecule has 0 N–H and O–H groups in total. The zero-order chi connectivity index (χ0) is 16.3. The Labute approximate surface area is 132 Å². The summed E-state index contributed by atoms with van der Waals surface area (Å²) in [7, 11) is 0. The second-order valence-corrected chi connectivity index (χ2v) is 8.38. The van der Waals surface area contributed by atoms with E-state index in [0.717, 1.165) is 6.54 Å². The Morgan fingerprint density at radius 1 is 1.10 bits per heavy atom. The van der Waals surface area contributed by atoms with Gasteiger partial charge >= 0.3 is 0 Å². The minimum atomic E-state index is 0.275. The van der Waals surface area contributed by atoms with Gasteiger partial charge in [0.2, 0.25) is 0 Å². The predicted molar refractivity (Wildman–Crippen MR) is 92.3 cm³/mol. The van der Waals surface area contributed by atoms with E-state index < -0.39 is 0 Å². The smallest absolute Gasteiger partial charge is 0.169 e. The Kier molecular flexibility index (Phi) is 5.78. The van der Waals surface area contributed by atoms with E-state index in [4.69, 9.17) is 0 Å². The fraction of sp³-hybridized carbons (Fsp3) is 0.650. The Bertz CT molecular complexity index is 446. The van der Waals surface area contributed by atoms with Gasteiger partial charge < -0.3 is 0 Å². The van der Waals surface area contributed by atoms with E-state index >= 15 is 0 Å². The summed E-state index contributed by atoms with van der Waals surface area (Å²) in [6.07, 6.45) is 7.51. The van der Waals surface area contributed by atoms with Crippen LogP contribution in [0.5, 0.6) is 0 Å². The highest BCUT2D eigenvalue weighted by molar-refractivity contribution is 5.17. The highest BCUT2D eigenvalue weighted by Crippen LogP contribution is 2.45. The van der Waals surface area contributed by atoms with Gasteiger partial charge in [0.25, 0.3) is 0 Å². The Hall–Kier alpha value is -1.11. The maximum absolute atomic E-state index is 3.80. The van der Waals surface area contributed by atoms with Crippen molar-refractivity contribution in [1.29, 1.82) is 0 Å². The van der Waals surface area contributed by atoms with Crippen LogP contribution in [-0.4, -0.2) is 0 Å². The first-order valence-corrected chi connectivity index (χ1v) is 8.18. The highest BCUT2D eigenvalue weighted by atomic mass is 14.9. The van der Waals surface area contributed by atoms with Crippen molar-refractivity contribution >= 4 is 0 Å². The monoisotopic (exact) mass is 288 g/mol. The van der Waals surface area contributed by atoms with Crippen molar-refractivity contribution in [3.05, 3.63) is 42.7 Å². The molecule has 0 amide bonds. The van der Waals surface area contributed by atoms with Crippen LogP contribution in [0.15, 0.2) is 37.2 Å². The van der Waals surface area contributed by atoms with Crippen LogP contribution in [0.1, 0.15) is 66.4 Å². The molecule has 1 unspecified atom stereocenters. The van der Waals surface area contributed by atoms with Gasteiger partial charge in [-0.1, -0.05) is 55.0 Å². The molecular formula is C20H34N+. The van der Waals surface area contributed by atoms with E-state index in [9.17, 15) is 0 Å². The molecule has 1 nitrogen and oxygen atoms in total. The third kappa shape index (κ3) is 4.98. The van der Waals surface area contributed by atoms with Gasteiger partial charge in [-0.15, -0.1) is 0 Å². The van der Waals surface area contributed by atoms with Crippen LogP contribution in [-0.2, 0) is 6.54 Å². The lowest BCUT2D eigenvalue weighted by molar-refractivity contribution is -0.687. The molecule has 0 saturated carbocycles. The molecule has 1 heterocycles. The normalized spacial score (nSPS) is 14.3. The minimum absolute atomic E-state index is 0.275. The summed E-state index contributed by atoms with van der Waals surface area (Å²) in [4.78, 5) is 0. The average Bonchev–Trinajstić information content (AvgIpc) is 2.36. The van der Waals surface area contributed by atoms with Gasteiger partial charge in [0, 0.05) is 12.1 Å². The van der Waals surface area contributed by atoms with Crippen molar-refractivity contribution in [1.82, 2.24) is 0 Å². The topological polar surface area (TPSA) is 3.88 Å². The van der Waals surface area contributed by atoms with Crippen molar-refractivity contribution in [2.24, 2.45) is 16.7 Å². The molecule has 0 aliphatic rings. The molecule has 118 valence electrons. The first-order chi connectivity index (χ1) is 9.58. The summed E-state index contributed by atoms with van der Waals surface area (Å²) >= 11 is 0. The number of aromatic nitrogens is 1. The van der Waals surface area contributed by atoms with Crippen LogP contribution in [0.3, 0.4) is 0 Å². The molecule has 1 rings (SSSR count). The van der Waals surface area contributed by atoms with Gasteiger partial charge in [-0.2, -0.15) is 0 Å². The number of nitrogens with zero attached hydrogens (tertiary/aromatic N) is 1. The summed E-state index contributed by atoms with van der Waals surface area (Å²) in [6, 6.07) is 4.58. The zero-order valence-corrected chi connectivity index (χ0v) is 15.1. The second-order valence-electron chi connectivity index (χ2n) is 8.38. The first kappa shape index (κ1) is 17.9. The SMILES string of the molecule is C=CC[n+]1ccc(C(CC(C)(C)C(C)C)C(C)(C)C)cc1. The van der Waals surface area contributed by atoms with E-state index in [1.165, 1.54) is 12.0 Å². The highest BCUT2D eigenvalue weighted by Gasteiger charge is 2.34. The molecule has 1 heteroatoms. The molecule has 0 bridgehead atoms. The number of allylic oxidation sites excluding steroid dienone is 1. The van der Waals surface area contributed by atoms with Gasteiger partial charge in [0.05, 0.1) is 0 Å². The van der Waals surface area contributed by atoms with Gasteiger partial charge in [0.1, 0.15) is 0 Å². The summed E-state index contributed by atoms with van der Waals surface area (Å²) in [5.74, 6) is 1.27. The van der Waals surface area contributed by atoms with Crippen molar-refractivity contribution in [3.63, 3.8) is 0 Å². The molecule has 1 atom stereocenters. The molecule has 0 aliphatic heterocycles. The Morgan fingerprint density at radius 3 is 2.00 bits per heavy atom. The van der Waals surface area contributed by atoms with Crippen molar-refractivity contribution in [2.75, 3.05) is 0 Å². The van der Waals surface area contributed by atoms with Crippen LogP contribution in [0.25, 0.3) is 0 Å². The minimum Gasteiger partial charge on any atom is -0.201 e. The van der Waals surface area contributed by atoms with E-state index in [1.54, 1.807) is 0 Å². The van der Waals surface area contributed by atoms with Crippen molar-refractivity contribution in [2.45, 2.75) is 67.3 Å². The lowest BCUT2D eigenvalue weighted by Gasteiger charge is -2.39. The van der Waals surface area contributed by atoms with E-state index in [2.05, 4.69) is 84.1 Å². The standard InChI is InChI=1S/C20H34N/c1-9-12-21-13-10-17(11-14-21)18(19(4,5)6)15-20(7,8)16(2)3/h9-11,13-14,16,18H,1,12,15H2,2-8H3/q+1. The van der Waals surface area contributed by atoms with Gasteiger partial charge in [-0.3, -0.25) is 0 Å². The van der Waals surface area contributed by atoms with Crippen LogP contribution in [0.2, 0.25) is 0 Å². The lowest BCUT2D eigenvalue weighted by atomic mass is 9.65. The van der Waals surface area contributed by atoms with Crippen LogP contribution in [0, 0.1) is 16.7 Å². The number of hydrogen-bond acceptors (Lipinski definition) is 0. The predicted octanol–water partition coefficient (Wildman–Crippen LogP) is 5.36. The summed E-state index contributed by atoms with van der Waals surface area (Å²) < 4.78 is 2.17. The molecule has 0 saturated heterocycles. The fourth-order valence-electron chi connectivity index (χ4n) is 2.66. The van der Waals surface area contributed by atoms with Crippen molar-refractivity contribution < 1.29 is 4.57 Å². The third-order valence-corrected chi connectivity index (χ3v) is 5.00. The maximum Gasteiger partial charge on any atom is 0.169 e. The molecule has 1 aromatic rings. The Morgan fingerprint density at radius 2 is 1.62 bits per heavy atom. The second kappa shape index (κ2) is 6.77. The average molecular weight is 288 g/mol. The maximum atomic E-state index is 3.80.